The maximum Gasteiger partial charge on any atom is 0.348 e. The molecule has 0 radical (unpaired) electrons. The van der Waals surface area contributed by atoms with Crippen LogP contribution in [0.5, 0.6) is 5.75 Å². The standard InChI is InChI=1S/C17H18O5/c1-11(2)10-20-14-8-6-5-7-12(14)9-13-15(18)21-17(3,4)22-16(13)19/h5-9H,1,10H2,2-4H3. The summed E-state index contributed by atoms with van der Waals surface area (Å²) >= 11 is 0. The van der Waals surface area contributed by atoms with E-state index in [0.717, 1.165) is 5.57 Å². The molecule has 0 spiro atoms. The molecule has 0 atom stereocenters. The van der Waals surface area contributed by atoms with Gasteiger partial charge in [0.15, 0.2) is 0 Å². The molecule has 1 saturated heterocycles. The summed E-state index contributed by atoms with van der Waals surface area (Å²) in [6, 6.07) is 7.07. The summed E-state index contributed by atoms with van der Waals surface area (Å²) in [6.07, 6.45) is 1.41. The fourth-order valence-corrected chi connectivity index (χ4v) is 1.87. The second kappa shape index (κ2) is 6.05. The zero-order valence-electron chi connectivity index (χ0n) is 12.8. The summed E-state index contributed by atoms with van der Waals surface area (Å²) in [5, 5.41) is 0. The molecule has 5 nitrogen and oxygen atoms in total. The third-order valence-electron chi connectivity index (χ3n) is 2.81. The van der Waals surface area contributed by atoms with Crippen LogP contribution in [-0.4, -0.2) is 24.3 Å². The lowest BCUT2D eigenvalue weighted by molar-refractivity contribution is -0.222. The zero-order chi connectivity index (χ0) is 16.3. The fraction of sp³-hybridized carbons (Fsp3) is 0.294. The van der Waals surface area contributed by atoms with Gasteiger partial charge in [-0.15, -0.1) is 0 Å². The number of rotatable bonds is 4. The van der Waals surface area contributed by atoms with Crippen molar-refractivity contribution in [2.45, 2.75) is 26.6 Å². The molecule has 2 rings (SSSR count). The largest absolute Gasteiger partial charge is 0.489 e. The van der Waals surface area contributed by atoms with Gasteiger partial charge in [-0.2, -0.15) is 0 Å². The van der Waals surface area contributed by atoms with Gasteiger partial charge in [0.1, 0.15) is 17.9 Å². The number of para-hydroxylation sites is 1. The van der Waals surface area contributed by atoms with E-state index in [1.54, 1.807) is 24.3 Å². The Labute approximate surface area is 129 Å². The molecule has 5 heteroatoms. The van der Waals surface area contributed by atoms with Gasteiger partial charge < -0.3 is 14.2 Å². The van der Waals surface area contributed by atoms with Gasteiger partial charge in [0.2, 0.25) is 0 Å². The third-order valence-corrected chi connectivity index (χ3v) is 2.81. The van der Waals surface area contributed by atoms with E-state index in [1.807, 2.05) is 6.92 Å². The van der Waals surface area contributed by atoms with Crippen molar-refractivity contribution in [1.82, 2.24) is 0 Å². The van der Waals surface area contributed by atoms with Crippen LogP contribution in [0.2, 0.25) is 0 Å². The molecule has 0 aliphatic carbocycles. The summed E-state index contributed by atoms with van der Waals surface area (Å²) in [6.45, 7) is 8.97. The van der Waals surface area contributed by atoms with Crippen LogP contribution in [0.3, 0.4) is 0 Å². The summed E-state index contributed by atoms with van der Waals surface area (Å²) in [7, 11) is 0. The molecule has 1 heterocycles. The number of carbonyl (C=O) groups excluding carboxylic acids is 2. The van der Waals surface area contributed by atoms with Crippen molar-refractivity contribution in [3.05, 3.63) is 47.6 Å². The van der Waals surface area contributed by atoms with Gasteiger partial charge in [-0.25, -0.2) is 9.59 Å². The predicted octanol–water partition coefficient (Wildman–Crippen LogP) is 2.86. The smallest absolute Gasteiger partial charge is 0.348 e. The number of carbonyl (C=O) groups is 2. The van der Waals surface area contributed by atoms with E-state index >= 15 is 0 Å². The van der Waals surface area contributed by atoms with Crippen molar-refractivity contribution in [2.75, 3.05) is 6.61 Å². The highest BCUT2D eigenvalue weighted by molar-refractivity contribution is 6.19. The van der Waals surface area contributed by atoms with Crippen LogP contribution >= 0.6 is 0 Å². The summed E-state index contributed by atoms with van der Waals surface area (Å²) in [5.41, 5.74) is 1.29. The predicted molar refractivity (Wildman–Crippen MR) is 81.0 cm³/mol. The van der Waals surface area contributed by atoms with Crippen LogP contribution in [0.25, 0.3) is 6.08 Å². The second-order valence-corrected chi connectivity index (χ2v) is 5.52. The van der Waals surface area contributed by atoms with Crippen molar-refractivity contribution in [2.24, 2.45) is 0 Å². The van der Waals surface area contributed by atoms with Crippen molar-refractivity contribution in [3.63, 3.8) is 0 Å². The number of esters is 2. The van der Waals surface area contributed by atoms with E-state index in [2.05, 4.69) is 6.58 Å². The van der Waals surface area contributed by atoms with Gasteiger partial charge in [0, 0.05) is 19.4 Å². The van der Waals surface area contributed by atoms with Crippen LogP contribution in [0, 0.1) is 0 Å². The Morgan fingerprint density at radius 2 is 1.82 bits per heavy atom. The summed E-state index contributed by atoms with van der Waals surface area (Å²) in [4.78, 5) is 23.9. The monoisotopic (exact) mass is 302 g/mol. The first-order chi connectivity index (χ1) is 10.3. The van der Waals surface area contributed by atoms with Gasteiger partial charge in [0.25, 0.3) is 5.79 Å². The molecule has 0 unspecified atom stereocenters. The number of hydrogen-bond donors (Lipinski definition) is 0. The van der Waals surface area contributed by atoms with Crippen LogP contribution in [0.1, 0.15) is 26.3 Å². The van der Waals surface area contributed by atoms with Gasteiger partial charge in [-0.3, -0.25) is 0 Å². The zero-order valence-corrected chi connectivity index (χ0v) is 12.8. The summed E-state index contributed by atoms with van der Waals surface area (Å²) in [5.74, 6) is -2.13. The molecule has 0 bridgehead atoms. The highest BCUT2D eigenvalue weighted by atomic mass is 16.7. The van der Waals surface area contributed by atoms with E-state index in [-0.39, 0.29) is 5.57 Å². The van der Waals surface area contributed by atoms with E-state index in [0.29, 0.717) is 17.9 Å². The normalized spacial score (nSPS) is 16.6. The topological polar surface area (TPSA) is 61.8 Å². The van der Waals surface area contributed by atoms with Crippen LogP contribution < -0.4 is 4.74 Å². The molecule has 22 heavy (non-hydrogen) atoms. The maximum atomic E-state index is 12.0. The van der Waals surface area contributed by atoms with Crippen LogP contribution in [-0.2, 0) is 19.1 Å². The molecular formula is C17H18O5. The lowest BCUT2D eigenvalue weighted by Crippen LogP contribution is -2.41. The lowest BCUT2D eigenvalue weighted by atomic mass is 10.1. The quantitative estimate of drug-likeness (QED) is 0.370. The molecule has 0 amide bonds. The van der Waals surface area contributed by atoms with E-state index < -0.39 is 17.7 Å². The van der Waals surface area contributed by atoms with Crippen molar-refractivity contribution in [3.8, 4) is 5.75 Å². The SMILES string of the molecule is C=C(C)COc1ccccc1C=C1C(=O)OC(C)(C)OC1=O. The Morgan fingerprint density at radius 3 is 2.41 bits per heavy atom. The van der Waals surface area contributed by atoms with Gasteiger partial charge in [0.05, 0.1) is 0 Å². The van der Waals surface area contributed by atoms with Crippen LogP contribution in [0.4, 0.5) is 0 Å². The average Bonchev–Trinajstić information content (AvgIpc) is 2.40. The molecule has 1 aliphatic rings. The van der Waals surface area contributed by atoms with Crippen molar-refractivity contribution in [1.29, 1.82) is 0 Å². The minimum atomic E-state index is -1.25. The number of hydrogen-bond acceptors (Lipinski definition) is 5. The maximum absolute atomic E-state index is 12.0. The number of ether oxygens (including phenoxy) is 3. The van der Waals surface area contributed by atoms with Crippen LogP contribution in [0.15, 0.2) is 42.0 Å². The molecule has 0 N–H and O–H groups in total. The number of benzene rings is 1. The molecule has 1 fully saturated rings. The Morgan fingerprint density at radius 1 is 1.23 bits per heavy atom. The Hall–Kier alpha value is -2.56. The van der Waals surface area contributed by atoms with Crippen molar-refractivity contribution >= 4 is 18.0 Å². The highest BCUT2D eigenvalue weighted by Gasteiger charge is 2.38. The molecular weight excluding hydrogens is 284 g/mol. The Bertz CT molecular complexity index is 633. The van der Waals surface area contributed by atoms with Gasteiger partial charge in [-0.1, -0.05) is 24.8 Å². The fourth-order valence-electron chi connectivity index (χ4n) is 1.87. The van der Waals surface area contributed by atoms with E-state index in [4.69, 9.17) is 14.2 Å². The minimum Gasteiger partial charge on any atom is -0.489 e. The lowest BCUT2D eigenvalue weighted by Gasteiger charge is -2.29. The Balaban J connectivity index is 2.31. The number of cyclic esters (lactones) is 2. The van der Waals surface area contributed by atoms with E-state index in [9.17, 15) is 9.59 Å². The third kappa shape index (κ3) is 3.75. The minimum absolute atomic E-state index is 0.161. The molecule has 116 valence electrons. The second-order valence-electron chi connectivity index (χ2n) is 5.52. The molecule has 0 saturated carbocycles. The molecule has 0 aromatic heterocycles. The van der Waals surface area contributed by atoms with Gasteiger partial charge >= 0.3 is 11.9 Å². The first-order valence-electron chi connectivity index (χ1n) is 6.83. The average molecular weight is 302 g/mol. The molecule has 1 aromatic rings. The van der Waals surface area contributed by atoms with E-state index in [1.165, 1.54) is 19.9 Å². The van der Waals surface area contributed by atoms with Gasteiger partial charge in [-0.05, 0) is 24.6 Å². The first-order valence-corrected chi connectivity index (χ1v) is 6.83. The Kier molecular flexibility index (Phi) is 4.35. The molecule has 1 aliphatic heterocycles. The molecule has 1 aromatic carbocycles. The van der Waals surface area contributed by atoms with Crippen molar-refractivity contribution < 1.29 is 23.8 Å². The summed E-state index contributed by atoms with van der Waals surface area (Å²) < 4.78 is 15.7. The first kappa shape index (κ1) is 15.8. The highest BCUT2D eigenvalue weighted by Crippen LogP contribution is 2.27.